The van der Waals surface area contributed by atoms with E-state index < -0.39 is 10.0 Å². The molecule has 5 rings (SSSR count). The summed E-state index contributed by atoms with van der Waals surface area (Å²) in [5.41, 5.74) is 5.23. The SMILES string of the molecule is C=C(Cl)CN(C1Cc2cc(-c3ccccc3)ccc2N(Cc2cn(C)cn2)C1)S(=O)(=O)c1cn(C)cn1. The summed E-state index contributed by atoms with van der Waals surface area (Å²) in [4.78, 5) is 10.8. The van der Waals surface area contributed by atoms with Crippen LogP contribution in [0.25, 0.3) is 11.1 Å². The molecule has 0 saturated heterocycles. The van der Waals surface area contributed by atoms with Gasteiger partial charge in [-0.05, 0) is 35.2 Å². The molecule has 0 bridgehead atoms. The topological polar surface area (TPSA) is 76.3 Å². The number of aryl methyl sites for hydroxylation is 2. The first kappa shape index (κ1) is 25.3. The summed E-state index contributed by atoms with van der Waals surface area (Å²) in [5, 5.41) is 0.243. The Morgan fingerprint density at radius 3 is 2.43 bits per heavy atom. The molecule has 4 aromatic rings. The lowest BCUT2D eigenvalue weighted by Gasteiger charge is -2.40. The molecule has 192 valence electrons. The normalized spacial score (nSPS) is 15.7. The van der Waals surface area contributed by atoms with Crippen molar-refractivity contribution in [1.82, 2.24) is 23.4 Å². The number of benzene rings is 2. The maximum Gasteiger partial charge on any atom is 0.262 e. The van der Waals surface area contributed by atoms with E-state index in [0.29, 0.717) is 19.5 Å². The van der Waals surface area contributed by atoms with Gasteiger partial charge in [-0.3, -0.25) is 0 Å². The lowest BCUT2D eigenvalue weighted by atomic mass is 9.93. The van der Waals surface area contributed by atoms with Crippen molar-refractivity contribution in [1.29, 1.82) is 0 Å². The minimum atomic E-state index is -3.92. The van der Waals surface area contributed by atoms with Crippen molar-refractivity contribution >= 4 is 27.3 Å². The Morgan fingerprint density at radius 1 is 1.05 bits per heavy atom. The Labute approximate surface area is 222 Å². The van der Waals surface area contributed by atoms with Crippen LogP contribution in [0.15, 0.2) is 90.2 Å². The predicted octanol–water partition coefficient (Wildman–Crippen LogP) is 4.20. The molecule has 1 aliphatic heterocycles. The zero-order valence-electron chi connectivity index (χ0n) is 20.8. The van der Waals surface area contributed by atoms with Crippen molar-refractivity contribution < 1.29 is 8.42 Å². The highest BCUT2D eigenvalue weighted by molar-refractivity contribution is 7.89. The van der Waals surface area contributed by atoms with E-state index in [1.807, 2.05) is 36.0 Å². The highest BCUT2D eigenvalue weighted by Gasteiger charge is 2.37. The smallest absolute Gasteiger partial charge is 0.262 e. The molecular formula is C27H29ClN6O2S. The molecule has 8 nitrogen and oxygen atoms in total. The summed E-state index contributed by atoms with van der Waals surface area (Å²) in [6, 6.07) is 16.2. The van der Waals surface area contributed by atoms with Crippen LogP contribution in [-0.2, 0) is 37.1 Å². The van der Waals surface area contributed by atoms with Gasteiger partial charge in [0.15, 0.2) is 5.03 Å². The van der Waals surface area contributed by atoms with Gasteiger partial charge < -0.3 is 14.0 Å². The zero-order valence-corrected chi connectivity index (χ0v) is 22.4. The minimum Gasteiger partial charge on any atom is -0.364 e. The van der Waals surface area contributed by atoms with Crippen LogP contribution in [0.2, 0.25) is 0 Å². The molecule has 1 unspecified atom stereocenters. The van der Waals surface area contributed by atoms with E-state index in [1.54, 1.807) is 17.9 Å². The Morgan fingerprint density at radius 2 is 1.78 bits per heavy atom. The molecule has 10 heteroatoms. The van der Waals surface area contributed by atoms with Crippen molar-refractivity contribution in [3.63, 3.8) is 0 Å². The summed E-state index contributed by atoms with van der Waals surface area (Å²) in [5.74, 6) is 0. The fraction of sp³-hybridized carbons (Fsp3) is 0.259. The third kappa shape index (κ3) is 5.34. The number of anilines is 1. The third-order valence-corrected chi connectivity index (χ3v) is 8.42. The Kier molecular flexibility index (Phi) is 6.94. The summed E-state index contributed by atoms with van der Waals surface area (Å²) in [6.45, 7) is 4.82. The molecule has 37 heavy (non-hydrogen) atoms. The number of rotatable bonds is 8. The maximum atomic E-state index is 13.8. The van der Waals surface area contributed by atoms with Crippen LogP contribution in [0, 0.1) is 0 Å². The van der Waals surface area contributed by atoms with E-state index in [2.05, 4.69) is 51.8 Å². The number of hydrogen-bond acceptors (Lipinski definition) is 5. The molecule has 0 spiro atoms. The second-order valence-electron chi connectivity index (χ2n) is 9.42. The van der Waals surface area contributed by atoms with Gasteiger partial charge in [-0.1, -0.05) is 54.6 Å². The van der Waals surface area contributed by atoms with Crippen molar-refractivity contribution in [3.05, 3.63) is 96.4 Å². The van der Waals surface area contributed by atoms with Crippen LogP contribution in [-0.4, -0.2) is 51.0 Å². The average molecular weight is 537 g/mol. The minimum absolute atomic E-state index is 0.00370. The Hall–Kier alpha value is -3.40. The quantitative estimate of drug-likeness (QED) is 0.337. The van der Waals surface area contributed by atoms with Gasteiger partial charge in [0.2, 0.25) is 0 Å². The summed E-state index contributed by atoms with van der Waals surface area (Å²) in [6.07, 6.45) is 7.27. The maximum absolute atomic E-state index is 13.8. The highest BCUT2D eigenvalue weighted by atomic mass is 35.5. The van der Waals surface area contributed by atoms with Gasteiger partial charge in [-0.15, -0.1) is 0 Å². The predicted molar refractivity (Wildman–Crippen MR) is 146 cm³/mol. The van der Waals surface area contributed by atoms with Gasteiger partial charge in [0.1, 0.15) is 0 Å². The summed E-state index contributed by atoms with van der Waals surface area (Å²) in [7, 11) is -0.245. The standard InChI is InChI=1S/C27H29ClN6O2S/c1-20(28)13-34(37(35,36)27-17-32(3)19-30-27)25-12-23-11-22(21-7-5-4-6-8-21)9-10-26(23)33(16-25)15-24-14-31(2)18-29-24/h4-11,14,17-19,25H,1,12-13,15-16H2,2-3H3. The third-order valence-electron chi connectivity index (χ3n) is 6.51. The number of hydrogen-bond donors (Lipinski definition) is 0. The van der Waals surface area contributed by atoms with Crippen LogP contribution in [0.4, 0.5) is 5.69 Å². The van der Waals surface area contributed by atoms with Crippen molar-refractivity contribution in [2.45, 2.75) is 24.0 Å². The van der Waals surface area contributed by atoms with E-state index in [0.717, 1.165) is 28.1 Å². The first-order valence-corrected chi connectivity index (χ1v) is 13.8. The van der Waals surface area contributed by atoms with Crippen molar-refractivity contribution in [3.8, 4) is 11.1 Å². The molecule has 0 fully saturated rings. The lowest BCUT2D eigenvalue weighted by Crippen LogP contribution is -2.51. The van der Waals surface area contributed by atoms with Crippen LogP contribution in [0.1, 0.15) is 11.3 Å². The molecule has 1 aliphatic rings. The van der Waals surface area contributed by atoms with E-state index in [9.17, 15) is 8.42 Å². The number of imidazole rings is 2. The molecule has 0 N–H and O–H groups in total. The molecule has 0 saturated carbocycles. The van der Waals surface area contributed by atoms with Gasteiger partial charge >= 0.3 is 0 Å². The Bertz CT molecular complexity index is 1530. The van der Waals surface area contributed by atoms with Crippen molar-refractivity contribution in [2.24, 2.45) is 14.1 Å². The first-order chi connectivity index (χ1) is 17.7. The van der Waals surface area contributed by atoms with Crippen molar-refractivity contribution in [2.75, 3.05) is 18.0 Å². The second kappa shape index (κ2) is 10.2. The average Bonchev–Trinajstić information content (AvgIpc) is 3.50. The van der Waals surface area contributed by atoms with E-state index >= 15 is 0 Å². The molecule has 1 atom stereocenters. The summed E-state index contributed by atoms with van der Waals surface area (Å²) >= 11 is 6.21. The van der Waals surface area contributed by atoms with Crippen LogP contribution < -0.4 is 4.90 Å². The molecule has 0 amide bonds. The molecule has 3 heterocycles. The van der Waals surface area contributed by atoms with E-state index in [1.165, 1.54) is 16.8 Å². The highest BCUT2D eigenvalue weighted by Crippen LogP contribution is 2.35. The molecule has 2 aromatic heterocycles. The van der Waals surface area contributed by atoms with Crippen LogP contribution >= 0.6 is 11.6 Å². The van der Waals surface area contributed by atoms with Gasteiger partial charge in [0.25, 0.3) is 10.0 Å². The van der Waals surface area contributed by atoms with Gasteiger partial charge in [0, 0.05) is 56.3 Å². The first-order valence-electron chi connectivity index (χ1n) is 11.9. The lowest BCUT2D eigenvalue weighted by molar-refractivity contribution is 0.329. The van der Waals surface area contributed by atoms with E-state index in [-0.39, 0.29) is 22.6 Å². The molecule has 2 aromatic carbocycles. The Balaban J connectivity index is 1.57. The van der Waals surface area contributed by atoms with Gasteiger partial charge in [-0.2, -0.15) is 4.31 Å². The monoisotopic (exact) mass is 536 g/mol. The van der Waals surface area contributed by atoms with E-state index in [4.69, 9.17) is 11.6 Å². The fourth-order valence-electron chi connectivity index (χ4n) is 4.85. The molecular weight excluding hydrogens is 508 g/mol. The summed E-state index contributed by atoms with van der Waals surface area (Å²) < 4.78 is 32.5. The number of nitrogens with zero attached hydrogens (tertiary/aromatic N) is 6. The van der Waals surface area contributed by atoms with Crippen LogP contribution in [0.3, 0.4) is 0 Å². The molecule has 0 aliphatic carbocycles. The van der Waals surface area contributed by atoms with Gasteiger partial charge in [-0.25, -0.2) is 18.4 Å². The fourth-order valence-corrected chi connectivity index (χ4v) is 6.63. The zero-order chi connectivity index (χ0) is 26.2. The van der Waals surface area contributed by atoms with Gasteiger partial charge in [0.05, 0.1) is 24.9 Å². The molecule has 0 radical (unpaired) electrons. The second-order valence-corrected chi connectivity index (χ2v) is 11.8. The largest absolute Gasteiger partial charge is 0.364 e. The van der Waals surface area contributed by atoms with Crippen LogP contribution in [0.5, 0.6) is 0 Å². The number of fused-ring (bicyclic) bond motifs is 1. The number of sulfonamides is 1. The number of aromatic nitrogens is 4. The number of halogens is 1.